The topological polar surface area (TPSA) is 80.7 Å². The van der Waals surface area contributed by atoms with Gasteiger partial charge in [-0.2, -0.15) is 0 Å². The molecule has 114 valence electrons. The first kappa shape index (κ1) is 16.5. The number of amides is 1. The first-order chi connectivity index (χ1) is 9.31. The van der Waals surface area contributed by atoms with Crippen molar-refractivity contribution in [3.05, 3.63) is 24.2 Å². The minimum atomic E-state index is -0.498. The molecule has 0 bridgehead atoms. The van der Waals surface area contributed by atoms with Crippen molar-refractivity contribution in [1.29, 1.82) is 0 Å². The Kier molecular flexibility index (Phi) is 6.04. The third-order valence-corrected chi connectivity index (χ3v) is 2.76. The molecule has 0 aromatic carbocycles. The fourth-order valence-corrected chi connectivity index (χ4v) is 1.71. The SMILES string of the molecule is CN(Cc1ccco1)C(CN)CNC(=O)OC(C)(C)C. The molecule has 0 fully saturated rings. The second-order valence-electron chi connectivity index (χ2n) is 5.77. The molecule has 3 N–H and O–H groups in total. The van der Waals surface area contributed by atoms with Crippen molar-refractivity contribution in [3.63, 3.8) is 0 Å². The lowest BCUT2D eigenvalue weighted by atomic mass is 10.2. The molecule has 1 rings (SSSR count). The van der Waals surface area contributed by atoms with Crippen LogP contribution in [-0.2, 0) is 11.3 Å². The highest BCUT2D eigenvalue weighted by Gasteiger charge is 2.19. The Balaban J connectivity index is 2.40. The summed E-state index contributed by atoms with van der Waals surface area (Å²) >= 11 is 0. The monoisotopic (exact) mass is 283 g/mol. The maximum Gasteiger partial charge on any atom is 0.407 e. The zero-order chi connectivity index (χ0) is 15.2. The summed E-state index contributed by atoms with van der Waals surface area (Å²) in [4.78, 5) is 13.6. The van der Waals surface area contributed by atoms with Crippen LogP contribution >= 0.6 is 0 Å². The average Bonchev–Trinajstić information content (AvgIpc) is 2.80. The first-order valence-corrected chi connectivity index (χ1v) is 6.71. The van der Waals surface area contributed by atoms with Gasteiger partial charge in [-0.15, -0.1) is 0 Å². The van der Waals surface area contributed by atoms with Crippen molar-refractivity contribution < 1.29 is 13.9 Å². The molecule has 6 nitrogen and oxygen atoms in total. The molecule has 20 heavy (non-hydrogen) atoms. The van der Waals surface area contributed by atoms with Crippen LogP contribution in [0.5, 0.6) is 0 Å². The second kappa shape index (κ2) is 7.31. The Morgan fingerprint density at radius 2 is 2.25 bits per heavy atom. The van der Waals surface area contributed by atoms with E-state index in [2.05, 4.69) is 5.32 Å². The molecule has 0 saturated heterocycles. The number of likely N-dealkylation sites (N-methyl/N-ethyl adjacent to an activating group) is 1. The molecule has 0 aliphatic carbocycles. The van der Waals surface area contributed by atoms with Crippen molar-refractivity contribution >= 4 is 6.09 Å². The molecular formula is C14H25N3O3. The van der Waals surface area contributed by atoms with Crippen LogP contribution < -0.4 is 11.1 Å². The van der Waals surface area contributed by atoms with Crippen molar-refractivity contribution in [1.82, 2.24) is 10.2 Å². The van der Waals surface area contributed by atoms with E-state index in [1.54, 1.807) is 6.26 Å². The number of hydrogen-bond donors (Lipinski definition) is 2. The third kappa shape index (κ3) is 6.08. The Morgan fingerprint density at radius 1 is 1.55 bits per heavy atom. The number of hydrogen-bond acceptors (Lipinski definition) is 5. The van der Waals surface area contributed by atoms with E-state index in [1.165, 1.54) is 0 Å². The number of nitrogens with zero attached hydrogens (tertiary/aromatic N) is 1. The molecule has 0 aliphatic heterocycles. The number of rotatable bonds is 6. The van der Waals surface area contributed by atoms with Gasteiger partial charge in [0.15, 0.2) is 0 Å². The third-order valence-electron chi connectivity index (χ3n) is 2.76. The summed E-state index contributed by atoms with van der Waals surface area (Å²) < 4.78 is 10.5. The summed E-state index contributed by atoms with van der Waals surface area (Å²) in [6.07, 6.45) is 1.21. The highest BCUT2D eigenvalue weighted by molar-refractivity contribution is 5.67. The van der Waals surface area contributed by atoms with Crippen molar-refractivity contribution in [3.8, 4) is 0 Å². The summed E-state index contributed by atoms with van der Waals surface area (Å²) in [6.45, 7) is 7.00. The van der Waals surface area contributed by atoms with Gasteiger partial charge >= 0.3 is 6.09 Å². The van der Waals surface area contributed by atoms with Gasteiger partial charge in [-0.05, 0) is 40.0 Å². The van der Waals surface area contributed by atoms with Gasteiger partial charge in [0.1, 0.15) is 11.4 Å². The fourth-order valence-electron chi connectivity index (χ4n) is 1.71. The molecule has 0 aliphatic rings. The van der Waals surface area contributed by atoms with Gasteiger partial charge < -0.3 is 20.2 Å². The molecule has 1 amide bonds. The number of ether oxygens (including phenoxy) is 1. The molecule has 1 aromatic heterocycles. The van der Waals surface area contributed by atoms with Crippen molar-refractivity contribution in [2.45, 2.75) is 39.0 Å². The Hall–Kier alpha value is -1.53. The lowest BCUT2D eigenvalue weighted by molar-refractivity contribution is 0.0510. The van der Waals surface area contributed by atoms with Crippen LogP contribution in [0.4, 0.5) is 4.79 Å². The summed E-state index contributed by atoms with van der Waals surface area (Å²) in [6, 6.07) is 3.78. The van der Waals surface area contributed by atoms with E-state index < -0.39 is 11.7 Å². The largest absolute Gasteiger partial charge is 0.468 e. The van der Waals surface area contributed by atoms with E-state index in [-0.39, 0.29) is 6.04 Å². The number of furan rings is 1. The normalized spacial score (nSPS) is 13.3. The number of nitrogens with two attached hydrogens (primary N) is 1. The summed E-state index contributed by atoms with van der Waals surface area (Å²) in [5, 5.41) is 2.74. The predicted molar refractivity (Wildman–Crippen MR) is 77.3 cm³/mol. The van der Waals surface area contributed by atoms with Crippen molar-refractivity contribution in [2.24, 2.45) is 5.73 Å². The quantitative estimate of drug-likeness (QED) is 0.828. The minimum Gasteiger partial charge on any atom is -0.468 e. The van der Waals surface area contributed by atoms with Gasteiger partial charge in [0.2, 0.25) is 0 Å². The molecule has 6 heteroatoms. The highest BCUT2D eigenvalue weighted by atomic mass is 16.6. The predicted octanol–water partition coefficient (Wildman–Crippen LogP) is 1.56. The maximum absolute atomic E-state index is 11.6. The molecule has 0 spiro atoms. The standard InChI is InChI=1S/C14H25N3O3/c1-14(2,3)20-13(18)16-9-11(8-15)17(4)10-12-6-5-7-19-12/h5-7,11H,8-10,15H2,1-4H3,(H,16,18). The van der Waals surface area contributed by atoms with Crippen LogP contribution in [0, 0.1) is 0 Å². The van der Waals surface area contributed by atoms with Crippen LogP contribution in [0.15, 0.2) is 22.8 Å². The van der Waals surface area contributed by atoms with Crippen LogP contribution in [0.25, 0.3) is 0 Å². The smallest absolute Gasteiger partial charge is 0.407 e. The number of carbonyl (C=O) groups is 1. The van der Waals surface area contributed by atoms with E-state index in [0.29, 0.717) is 19.6 Å². The van der Waals surface area contributed by atoms with E-state index in [9.17, 15) is 4.79 Å². The molecule has 0 radical (unpaired) electrons. The van der Waals surface area contributed by atoms with Gasteiger partial charge in [-0.1, -0.05) is 0 Å². The van der Waals surface area contributed by atoms with Crippen LogP contribution in [0.1, 0.15) is 26.5 Å². The average molecular weight is 283 g/mol. The lowest BCUT2D eigenvalue weighted by Crippen LogP contribution is -2.46. The van der Waals surface area contributed by atoms with Gasteiger partial charge in [0.05, 0.1) is 12.8 Å². The fraction of sp³-hybridized carbons (Fsp3) is 0.643. The van der Waals surface area contributed by atoms with Crippen LogP contribution in [0.2, 0.25) is 0 Å². The molecule has 1 atom stereocenters. The zero-order valence-corrected chi connectivity index (χ0v) is 12.7. The second-order valence-corrected chi connectivity index (χ2v) is 5.77. The molecular weight excluding hydrogens is 258 g/mol. The van der Waals surface area contributed by atoms with Gasteiger partial charge in [-0.3, -0.25) is 4.90 Å². The van der Waals surface area contributed by atoms with Gasteiger partial charge in [-0.25, -0.2) is 4.79 Å². The van der Waals surface area contributed by atoms with E-state index in [0.717, 1.165) is 5.76 Å². The van der Waals surface area contributed by atoms with E-state index in [1.807, 2.05) is 44.9 Å². The van der Waals surface area contributed by atoms with Crippen molar-refractivity contribution in [2.75, 3.05) is 20.1 Å². The molecule has 0 saturated carbocycles. The van der Waals surface area contributed by atoms with E-state index >= 15 is 0 Å². The molecule has 1 heterocycles. The Morgan fingerprint density at radius 3 is 2.75 bits per heavy atom. The minimum absolute atomic E-state index is 0.0209. The van der Waals surface area contributed by atoms with Gasteiger partial charge in [0.25, 0.3) is 0 Å². The number of nitrogens with one attached hydrogen (secondary N) is 1. The zero-order valence-electron chi connectivity index (χ0n) is 12.7. The molecule has 1 unspecified atom stereocenters. The molecule has 1 aromatic rings. The van der Waals surface area contributed by atoms with E-state index in [4.69, 9.17) is 14.9 Å². The summed E-state index contributed by atoms with van der Waals surface area (Å²) in [5.74, 6) is 0.864. The maximum atomic E-state index is 11.6. The first-order valence-electron chi connectivity index (χ1n) is 6.71. The Labute approximate surface area is 120 Å². The van der Waals surface area contributed by atoms with Crippen LogP contribution in [-0.4, -0.2) is 42.8 Å². The number of alkyl carbamates (subject to hydrolysis) is 1. The summed E-state index contributed by atoms with van der Waals surface area (Å²) in [5.41, 5.74) is 5.25. The summed E-state index contributed by atoms with van der Waals surface area (Å²) in [7, 11) is 1.94. The lowest BCUT2D eigenvalue weighted by Gasteiger charge is -2.27. The van der Waals surface area contributed by atoms with Gasteiger partial charge in [0, 0.05) is 19.1 Å². The number of carbonyl (C=O) groups excluding carboxylic acids is 1. The van der Waals surface area contributed by atoms with Crippen LogP contribution in [0.3, 0.4) is 0 Å². The highest BCUT2D eigenvalue weighted by Crippen LogP contribution is 2.08. The Bertz CT molecular complexity index is 398.